The first-order chi connectivity index (χ1) is 5.70. The molecule has 0 amide bonds. The van der Waals surface area contributed by atoms with Crippen molar-refractivity contribution in [2.45, 2.75) is 13.3 Å². The molecule has 0 atom stereocenters. The molecule has 0 aliphatic carbocycles. The largest absolute Gasteiger partial charge is 0.396 e. The van der Waals surface area contributed by atoms with Crippen molar-refractivity contribution in [3.63, 3.8) is 0 Å². The van der Waals surface area contributed by atoms with Crippen LogP contribution in [0.25, 0.3) is 0 Å². The maximum absolute atomic E-state index is 8.60. The molecule has 12 heavy (non-hydrogen) atoms. The number of hydrogen-bond acceptors (Lipinski definition) is 3. The van der Waals surface area contributed by atoms with E-state index in [0.29, 0.717) is 6.61 Å². The highest BCUT2D eigenvalue weighted by Crippen LogP contribution is 1.88. The molecule has 0 spiro atoms. The topological polar surface area (TPSA) is 26.7 Å². The lowest BCUT2D eigenvalue weighted by molar-refractivity contribution is 0.228. The lowest BCUT2D eigenvalue weighted by Gasteiger charge is -2.20. The van der Waals surface area contributed by atoms with Gasteiger partial charge in [0, 0.05) is 26.2 Å². The van der Waals surface area contributed by atoms with Crippen molar-refractivity contribution in [3.05, 3.63) is 0 Å². The number of aliphatic hydroxyl groups is 1. The second-order valence-electron chi connectivity index (χ2n) is 3.28. The summed E-state index contributed by atoms with van der Waals surface area (Å²) in [4.78, 5) is 4.54. The lowest BCUT2D eigenvalue weighted by Crippen LogP contribution is -2.31. The average molecular weight is 174 g/mol. The molecule has 0 heterocycles. The Labute approximate surface area is 76.0 Å². The van der Waals surface area contributed by atoms with Gasteiger partial charge in [0.05, 0.1) is 0 Å². The van der Waals surface area contributed by atoms with Crippen LogP contribution in [0.3, 0.4) is 0 Å². The van der Waals surface area contributed by atoms with E-state index < -0.39 is 0 Å². The third kappa shape index (κ3) is 6.58. The summed E-state index contributed by atoms with van der Waals surface area (Å²) in [6, 6.07) is 0. The summed E-state index contributed by atoms with van der Waals surface area (Å²) in [6.45, 7) is 6.76. The summed E-state index contributed by atoms with van der Waals surface area (Å²) in [6.07, 6.45) is 0.881. The normalized spacial score (nSPS) is 11.5. The van der Waals surface area contributed by atoms with Gasteiger partial charge in [0.1, 0.15) is 0 Å². The highest BCUT2D eigenvalue weighted by atomic mass is 16.3. The number of likely N-dealkylation sites (N-methyl/N-ethyl adjacent to an activating group) is 2. The fourth-order valence-electron chi connectivity index (χ4n) is 0.952. The molecule has 0 saturated heterocycles. The minimum Gasteiger partial charge on any atom is -0.396 e. The first-order valence-corrected chi connectivity index (χ1v) is 4.68. The zero-order valence-electron chi connectivity index (χ0n) is 8.58. The predicted octanol–water partition coefficient (Wildman–Crippen LogP) is 0.252. The highest BCUT2D eigenvalue weighted by molar-refractivity contribution is 4.55. The molecular weight excluding hydrogens is 152 g/mol. The van der Waals surface area contributed by atoms with Crippen LogP contribution in [0.5, 0.6) is 0 Å². The number of hydrogen-bond donors (Lipinski definition) is 1. The molecule has 0 aromatic rings. The van der Waals surface area contributed by atoms with Gasteiger partial charge in [0.25, 0.3) is 0 Å². The van der Waals surface area contributed by atoms with Gasteiger partial charge in [-0.15, -0.1) is 0 Å². The van der Waals surface area contributed by atoms with Crippen molar-refractivity contribution in [3.8, 4) is 0 Å². The molecular formula is C9H22N2O. The van der Waals surface area contributed by atoms with Crippen LogP contribution < -0.4 is 0 Å². The summed E-state index contributed by atoms with van der Waals surface area (Å²) in [7, 11) is 4.22. The Morgan fingerprint density at radius 1 is 1.00 bits per heavy atom. The van der Waals surface area contributed by atoms with Crippen LogP contribution in [-0.4, -0.2) is 61.8 Å². The Morgan fingerprint density at radius 2 is 1.58 bits per heavy atom. The standard InChI is InChI=1S/C9H22N2O/c1-4-10(2)7-8-11(3)6-5-9-12/h12H,4-9H2,1-3H3. The highest BCUT2D eigenvalue weighted by Gasteiger charge is 1.99. The molecule has 0 saturated carbocycles. The molecule has 3 nitrogen and oxygen atoms in total. The second-order valence-corrected chi connectivity index (χ2v) is 3.28. The van der Waals surface area contributed by atoms with E-state index in [0.717, 1.165) is 32.6 Å². The van der Waals surface area contributed by atoms with Crippen molar-refractivity contribution >= 4 is 0 Å². The van der Waals surface area contributed by atoms with E-state index in [9.17, 15) is 0 Å². The van der Waals surface area contributed by atoms with E-state index in [1.54, 1.807) is 0 Å². The Hall–Kier alpha value is -0.120. The van der Waals surface area contributed by atoms with E-state index in [2.05, 4.69) is 30.8 Å². The average Bonchev–Trinajstić information content (AvgIpc) is 2.10. The SMILES string of the molecule is CCN(C)CCN(C)CCCO. The number of rotatable bonds is 7. The molecule has 0 unspecified atom stereocenters. The third-order valence-electron chi connectivity index (χ3n) is 2.10. The maximum Gasteiger partial charge on any atom is 0.0443 e. The van der Waals surface area contributed by atoms with Crippen LogP contribution in [0.15, 0.2) is 0 Å². The van der Waals surface area contributed by atoms with Gasteiger partial charge in [-0.2, -0.15) is 0 Å². The zero-order chi connectivity index (χ0) is 9.40. The van der Waals surface area contributed by atoms with E-state index in [1.807, 2.05) is 0 Å². The van der Waals surface area contributed by atoms with Gasteiger partial charge < -0.3 is 14.9 Å². The molecule has 0 rings (SSSR count). The molecule has 3 heteroatoms. The van der Waals surface area contributed by atoms with E-state index in [4.69, 9.17) is 5.11 Å². The minimum absolute atomic E-state index is 0.300. The summed E-state index contributed by atoms with van der Waals surface area (Å²) < 4.78 is 0. The minimum atomic E-state index is 0.300. The van der Waals surface area contributed by atoms with Gasteiger partial charge in [0.2, 0.25) is 0 Å². The van der Waals surface area contributed by atoms with Crippen LogP contribution in [0, 0.1) is 0 Å². The third-order valence-corrected chi connectivity index (χ3v) is 2.10. The summed E-state index contributed by atoms with van der Waals surface area (Å²) >= 11 is 0. The monoisotopic (exact) mass is 174 g/mol. The van der Waals surface area contributed by atoms with Gasteiger partial charge in [0.15, 0.2) is 0 Å². The van der Waals surface area contributed by atoms with Crippen molar-refractivity contribution in [1.29, 1.82) is 0 Å². The van der Waals surface area contributed by atoms with Crippen LogP contribution in [0.1, 0.15) is 13.3 Å². The maximum atomic E-state index is 8.60. The fraction of sp³-hybridized carbons (Fsp3) is 1.00. The first-order valence-electron chi connectivity index (χ1n) is 4.68. The molecule has 0 fully saturated rings. The molecule has 0 radical (unpaired) electrons. The van der Waals surface area contributed by atoms with Crippen LogP contribution in [0.2, 0.25) is 0 Å². The molecule has 0 aliphatic rings. The summed E-state index contributed by atoms with van der Waals surface area (Å²) in [5.74, 6) is 0. The smallest absolute Gasteiger partial charge is 0.0443 e. The van der Waals surface area contributed by atoms with E-state index in [-0.39, 0.29) is 0 Å². The van der Waals surface area contributed by atoms with Crippen molar-refractivity contribution in [2.24, 2.45) is 0 Å². The fourth-order valence-corrected chi connectivity index (χ4v) is 0.952. The van der Waals surface area contributed by atoms with Gasteiger partial charge >= 0.3 is 0 Å². The van der Waals surface area contributed by atoms with Gasteiger partial charge in [-0.05, 0) is 27.1 Å². The van der Waals surface area contributed by atoms with E-state index in [1.165, 1.54) is 0 Å². The van der Waals surface area contributed by atoms with Crippen molar-refractivity contribution < 1.29 is 5.11 Å². The quantitative estimate of drug-likeness (QED) is 0.599. The lowest BCUT2D eigenvalue weighted by atomic mass is 10.4. The Morgan fingerprint density at radius 3 is 2.08 bits per heavy atom. The second kappa shape index (κ2) is 7.53. The van der Waals surface area contributed by atoms with Crippen LogP contribution in [0.4, 0.5) is 0 Å². The zero-order valence-corrected chi connectivity index (χ0v) is 8.58. The Kier molecular flexibility index (Phi) is 7.45. The van der Waals surface area contributed by atoms with Gasteiger partial charge in [-0.1, -0.05) is 6.92 Å². The summed E-state index contributed by atoms with van der Waals surface area (Å²) in [5.41, 5.74) is 0. The predicted molar refractivity (Wildman–Crippen MR) is 52.4 cm³/mol. The number of aliphatic hydroxyl groups excluding tert-OH is 1. The molecule has 0 aromatic heterocycles. The molecule has 0 bridgehead atoms. The van der Waals surface area contributed by atoms with Crippen LogP contribution >= 0.6 is 0 Å². The Bertz CT molecular complexity index is 98.5. The first kappa shape index (κ1) is 11.9. The summed E-state index contributed by atoms with van der Waals surface area (Å²) in [5, 5.41) is 8.60. The molecule has 0 aliphatic heterocycles. The van der Waals surface area contributed by atoms with Crippen molar-refractivity contribution in [1.82, 2.24) is 9.80 Å². The molecule has 74 valence electrons. The molecule has 1 N–H and O–H groups in total. The van der Waals surface area contributed by atoms with E-state index >= 15 is 0 Å². The Balaban J connectivity index is 3.24. The van der Waals surface area contributed by atoms with Gasteiger partial charge in [-0.25, -0.2) is 0 Å². The number of nitrogens with zero attached hydrogens (tertiary/aromatic N) is 2. The van der Waals surface area contributed by atoms with Crippen molar-refractivity contribution in [2.75, 3.05) is 46.9 Å². The van der Waals surface area contributed by atoms with Crippen LogP contribution in [-0.2, 0) is 0 Å². The molecule has 0 aromatic carbocycles. The van der Waals surface area contributed by atoms with Gasteiger partial charge in [-0.3, -0.25) is 0 Å².